The van der Waals surface area contributed by atoms with Crippen molar-refractivity contribution in [3.05, 3.63) is 57.1 Å². The molecule has 0 unspecified atom stereocenters. The van der Waals surface area contributed by atoms with Crippen LogP contribution in [0.2, 0.25) is 0 Å². The van der Waals surface area contributed by atoms with E-state index in [1.54, 1.807) is 16.7 Å². The largest absolute Gasteiger partial charge is 0.302 e. The Morgan fingerprint density at radius 3 is 2.64 bits per heavy atom. The number of nitrogens with zero attached hydrogens (tertiary/aromatic N) is 2. The van der Waals surface area contributed by atoms with Crippen LogP contribution in [-0.4, -0.2) is 14.5 Å². The number of pyridine rings is 1. The van der Waals surface area contributed by atoms with Crippen molar-refractivity contribution in [3.8, 4) is 11.3 Å². The molecule has 0 saturated heterocycles. The molecule has 2 heterocycles. The predicted octanol–water partition coefficient (Wildman–Crippen LogP) is 4.86. The molecule has 0 radical (unpaired) electrons. The lowest BCUT2D eigenvalue weighted by atomic mass is 10.1. The first-order chi connectivity index (χ1) is 12.0. The van der Waals surface area contributed by atoms with E-state index in [9.17, 15) is 13.6 Å². The zero-order valence-electron chi connectivity index (χ0n) is 13.6. The SMILES string of the molecule is CCCCn1c(=S)[nH]c(=O)c2c(C(F)F)cc(-c3ccccc3)nc21. The first-order valence-corrected chi connectivity index (χ1v) is 8.45. The second kappa shape index (κ2) is 7.23. The maximum Gasteiger partial charge on any atom is 0.264 e. The van der Waals surface area contributed by atoms with Crippen LogP contribution < -0.4 is 5.56 Å². The minimum Gasteiger partial charge on any atom is -0.302 e. The lowest BCUT2D eigenvalue weighted by Gasteiger charge is -2.14. The summed E-state index contributed by atoms with van der Waals surface area (Å²) in [6, 6.07) is 10.3. The molecule has 0 aliphatic carbocycles. The highest BCUT2D eigenvalue weighted by atomic mass is 32.1. The van der Waals surface area contributed by atoms with Gasteiger partial charge >= 0.3 is 0 Å². The third kappa shape index (κ3) is 3.37. The molecule has 2 aromatic heterocycles. The van der Waals surface area contributed by atoms with Crippen LogP contribution in [0.5, 0.6) is 0 Å². The predicted molar refractivity (Wildman–Crippen MR) is 96.5 cm³/mol. The van der Waals surface area contributed by atoms with Gasteiger partial charge in [0.05, 0.1) is 11.1 Å². The molecule has 0 aliphatic rings. The molecule has 0 fully saturated rings. The number of alkyl halides is 2. The highest BCUT2D eigenvalue weighted by Crippen LogP contribution is 2.29. The molecular formula is C18H17F2N3OS. The summed E-state index contributed by atoms with van der Waals surface area (Å²) in [6.07, 6.45) is -1.08. The molecule has 130 valence electrons. The second-order valence-electron chi connectivity index (χ2n) is 5.73. The van der Waals surface area contributed by atoms with Crippen molar-refractivity contribution in [2.24, 2.45) is 0 Å². The molecular weight excluding hydrogens is 344 g/mol. The van der Waals surface area contributed by atoms with Crippen molar-refractivity contribution in [1.29, 1.82) is 0 Å². The Balaban J connectivity index is 2.39. The van der Waals surface area contributed by atoms with Crippen LogP contribution in [0.15, 0.2) is 41.2 Å². The van der Waals surface area contributed by atoms with Gasteiger partial charge in [-0.3, -0.25) is 9.78 Å². The van der Waals surface area contributed by atoms with Crippen molar-refractivity contribution in [2.75, 3.05) is 0 Å². The first kappa shape index (κ1) is 17.4. The van der Waals surface area contributed by atoms with Crippen molar-refractivity contribution in [2.45, 2.75) is 32.7 Å². The van der Waals surface area contributed by atoms with E-state index in [1.807, 2.05) is 25.1 Å². The van der Waals surface area contributed by atoms with Crippen molar-refractivity contribution >= 4 is 23.3 Å². The van der Waals surface area contributed by atoms with Crippen molar-refractivity contribution in [1.82, 2.24) is 14.5 Å². The van der Waals surface area contributed by atoms with Crippen LogP contribution in [0.1, 0.15) is 31.8 Å². The van der Waals surface area contributed by atoms with Crippen LogP contribution in [0.25, 0.3) is 22.3 Å². The number of unbranched alkanes of at least 4 members (excludes halogenated alkanes) is 1. The Morgan fingerprint density at radius 1 is 1.28 bits per heavy atom. The van der Waals surface area contributed by atoms with Crippen LogP contribution in [0.3, 0.4) is 0 Å². The average Bonchev–Trinajstić information content (AvgIpc) is 2.61. The first-order valence-electron chi connectivity index (χ1n) is 8.04. The number of hydrogen-bond acceptors (Lipinski definition) is 3. The topological polar surface area (TPSA) is 50.7 Å². The molecule has 1 N–H and O–H groups in total. The lowest BCUT2D eigenvalue weighted by Crippen LogP contribution is -2.18. The van der Waals surface area contributed by atoms with Gasteiger partial charge in [-0.15, -0.1) is 0 Å². The van der Waals surface area contributed by atoms with Gasteiger partial charge in [0.2, 0.25) is 0 Å². The summed E-state index contributed by atoms with van der Waals surface area (Å²) in [5.41, 5.74) is 0.354. The van der Waals surface area contributed by atoms with E-state index in [2.05, 4.69) is 9.97 Å². The molecule has 7 heteroatoms. The number of aromatic nitrogens is 3. The van der Waals surface area contributed by atoms with E-state index in [4.69, 9.17) is 12.2 Å². The molecule has 0 amide bonds. The highest BCUT2D eigenvalue weighted by Gasteiger charge is 2.20. The fourth-order valence-corrected chi connectivity index (χ4v) is 3.03. The molecule has 1 aromatic carbocycles. The smallest absolute Gasteiger partial charge is 0.264 e. The monoisotopic (exact) mass is 361 g/mol. The summed E-state index contributed by atoms with van der Waals surface area (Å²) in [4.78, 5) is 19.3. The fraction of sp³-hybridized carbons (Fsp3) is 0.278. The van der Waals surface area contributed by atoms with Gasteiger partial charge in [0.1, 0.15) is 5.65 Å². The Labute approximate surface area is 148 Å². The summed E-state index contributed by atoms with van der Waals surface area (Å²) >= 11 is 5.23. The van der Waals surface area contributed by atoms with E-state index in [1.165, 1.54) is 6.07 Å². The molecule has 0 atom stereocenters. The molecule has 0 aliphatic heterocycles. The third-order valence-electron chi connectivity index (χ3n) is 4.02. The van der Waals surface area contributed by atoms with Gasteiger partial charge in [-0.25, -0.2) is 13.8 Å². The fourth-order valence-electron chi connectivity index (χ4n) is 2.75. The summed E-state index contributed by atoms with van der Waals surface area (Å²) in [5.74, 6) is 0. The molecule has 3 aromatic rings. The van der Waals surface area contributed by atoms with E-state index < -0.39 is 12.0 Å². The van der Waals surface area contributed by atoms with E-state index in [0.29, 0.717) is 17.8 Å². The van der Waals surface area contributed by atoms with E-state index >= 15 is 0 Å². The van der Waals surface area contributed by atoms with Crippen LogP contribution in [0, 0.1) is 4.77 Å². The van der Waals surface area contributed by atoms with Crippen LogP contribution in [0.4, 0.5) is 8.78 Å². The molecule has 0 saturated carbocycles. The number of hydrogen-bond donors (Lipinski definition) is 1. The molecule has 4 nitrogen and oxygen atoms in total. The van der Waals surface area contributed by atoms with E-state index in [0.717, 1.165) is 12.8 Å². The number of benzene rings is 1. The number of aromatic amines is 1. The van der Waals surface area contributed by atoms with Gasteiger partial charge in [0.15, 0.2) is 4.77 Å². The standard InChI is InChI=1S/C18H17F2N3OS/c1-2-3-9-23-16-14(17(24)22-18(23)25)12(15(19)20)10-13(21-16)11-7-5-4-6-8-11/h4-8,10,15H,2-3,9H2,1H3,(H,22,24,25). The summed E-state index contributed by atoms with van der Waals surface area (Å²) in [5, 5.41) is -0.0978. The van der Waals surface area contributed by atoms with Gasteiger partial charge in [0.25, 0.3) is 12.0 Å². The molecule has 0 bridgehead atoms. The van der Waals surface area contributed by atoms with Crippen LogP contribution in [-0.2, 0) is 6.54 Å². The minimum atomic E-state index is -2.79. The third-order valence-corrected chi connectivity index (χ3v) is 4.34. The Kier molecular flexibility index (Phi) is 5.03. The summed E-state index contributed by atoms with van der Waals surface area (Å²) in [6.45, 7) is 2.53. The number of aryl methyl sites for hydroxylation is 1. The van der Waals surface area contributed by atoms with Gasteiger partial charge in [-0.1, -0.05) is 43.7 Å². The van der Waals surface area contributed by atoms with E-state index in [-0.39, 0.29) is 21.4 Å². The summed E-state index contributed by atoms with van der Waals surface area (Å²) < 4.78 is 29.1. The zero-order valence-corrected chi connectivity index (χ0v) is 14.4. The molecule has 3 rings (SSSR count). The van der Waals surface area contributed by atoms with Crippen molar-refractivity contribution in [3.63, 3.8) is 0 Å². The zero-order chi connectivity index (χ0) is 18.0. The lowest BCUT2D eigenvalue weighted by molar-refractivity contribution is 0.153. The maximum atomic E-state index is 13.6. The normalized spacial score (nSPS) is 11.4. The summed E-state index contributed by atoms with van der Waals surface area (Å²) in [7, 11) is 0. The number of fused-ring (bicyclic) bond motifs is 1. The molecule has 25 heavy (non-hydrogen) atoms. The quantitative estimate of drug-likeness (QED) is 0.660. The second-order valence-corrected chi connectivity index (χ2v) is 6.11. The molecule has 0 spiro atoms. The number of nitrogens with one attached hydrogen (secondary N) is 1. The van der Waals surface area contributed by atoms with Crippen molar-refractivity contribution < 1.29 is 8.78 Å². The maximum absolute atomic E-state index is 13.6. The highest BCUT2D eigenvalue weighted by molar-refractivity contribution is 7.71. The Bertz CT molecular complexity index is 1010. The van der Waals surface area contributed by atoms with Gasteiger partial charge in [-0.2, -0.15) is 0 Å². The number of halogens is 2. The number of rotatable bonds is 5. The van der Waals surface area contributed by atoms with Crippen LogP contribution >= 0.6 is 12.2 Å². The van der Waals surface area contributed by atoms with Gasteiger partial charge < -0.3 is 4.57 Å². The number of H-pyrrole nitrogens is 1. The van der Waals surface area contributed by atoms with Gasteiger partial charge in [0, 0.05) is 17.7 Å². The van der Waals surface area contributed by atoms with Gasteiger partial charge in [-0.05, 0) is 24.7 Å². The Hall–Kier alpha value is -2.41. The minimum absolute atomic E-state index is 0.0978. The average molecular weight is 361 g/mol. The Morgan fingerprint density at radius 2 is 2.00 bits per heavy atom.